The van der Waals surface area contributed by atoms with Gasteiger partial charge in [0.1, 0.15) is 18.3 Å². The van der Waals surface area contributed by atoms with Crippen LogP contribution in [0.1, 0.15) is 13.8 Å². The minimum absolute atomic E-state index is 0.365. The number of hydrogen-bond acceptors (Lipinski definition) is 9. The summed E-state index contributed by atoms with van der Waals surface area (Å²) in [6.45, 7) is 8.31. The molecule has 0 aromatic carbocycles. The molecule has 0 atom stereocenters. The van der Waals surface area contributed by atoms with Gasteiger partial charge in [0, 0.05) is 0 Å². The highest BCUT2D eigenvalue weighted by molar-refractivity contribution is 4.52. The van der Waals surface area contributed by atoms with Gasteiger partial charge in [-0.25, -0.2) is 0 Å². The lowest BCUT2D eigenvalue weighted by molar-refractivity contribution is 0.0450. The van der Waals surface area contributed by atoms with Gasteiger partial charge < -0.3 is 46.0 Å². The van der Waals surface area contributed by atoms with Gasteiger partial charge in [0.05, 0.1) is 39.6 Å². The van der Waals surface area contributed by atoms with Crippen molar-refractivity contribution in [3.8, 4) is 0 Å². The van der Waals surface area contributed by atoms with Gasteiger partial charge in [0.15, 0.2) is 0 Å². The van der Waals surface area contributed by atoms with Crippen LogP contribution < -0.4 is 0 Å². The fourth-order valence-corrected chi connectivity index (χ4v) is 0.173. The molecule has 150 valence electrons. The summed E-state index contributed by atoms with van der Waals surface area (Å²) >= 11 is 0. The zero-order valence-corrected chi connectivity index (χ0v) is 14.6. The van der Waals surface area contributed by atoms with Crippen LogP contribution in [0.15, 0.2) is 25.3 Å². The first kappa shape index (κ1) is 34.5. The van der Waals surface area contributed by atoms with Crippen LogP contribution in [0.4, 0.5) is 0 Å². The summed E-state index contributed by atoms with van der Waals surface area (Å²) in [5.74, 6) is 0. The highest BCUT2D eigenvalue weighted by atomic mass is 16.4. The third kappa shape index (κ3) is 69.1. The number of aliphatic hydroxyl groups excluding tert-OH is 9. The number of aliphatic hydroxyl groups is 9. The summed E-state index contributed by atoms with van der Waals surface area (Å²) in [6.07, 6.45) is 0.639. The van der Waals surface area contributed by atoms with E-state index in [1.807, 2.05) is 13.8 Å². The second-order valence-corrected chi connectivity index (χ2v) is 3.87. The third-order valence-electron chi connectivity index (χ3n) is 1.26. The van der Waals surface area contributed by atoms with E-state index in [2.05, 4.69) is 13.2 Å². The number of hydrogen-bond donors (Lipinski definition) is 9. The number of rotatable bonds is 6. The van der Waals surface area contributed by atoms with E-state index in [0.29, 0.717) is 0 Å². The first-order valence-electron chi connectivity index (χ1n) is 7.09. The fourth-order valence-electron chi connectivity index (χ4n) is 0.173. The van der Waals surface area contributed by atoms with Crippen molar-refractivity contribution in [1.82, 2.24) is 0 Å². The van der Waals surface area contributed by atoms with Crippen molar-refractivity contribution in [2.24, 2.45) is 0 Å². The Morgan fingerprint density at radius 1 is 0.542 bits per heavy atom. The summed E-state index contributed by atoms with van der Waals surface area (Å²) in [4.78, 5) is 0. The van der Waals surface area contributed by atoms with Crippen molar-refractivity contribution in [3.05, 3.63) is 25.3 Å². The Bertz CT molecular complexity index is 162. The largest absolute Gasteiger partial charge is 0.394 e. The summed E-state index contributed by atoms with van der Waals surface area (Å²) in [5.41, 5.74) is 0. The van der Waals surface area contributed by atoms with Crippen LogP contribution in [0, 0.1) is 0 Å². The normalized spacial score (nSPS) is 8.58. The molecular weight excluding hydrogens is 324 g/mol. The van der Waals surface area contributed by atoms with Crippen molar-refractivity contribution >= 4 is 0 Å². The minimum atomic E-state index is -0.954. The molecule has 0 spiro atoms. The van der Waals surface area contributed by atoms with E-state index in [0.717, 1.165) is 0 Å². The first-order valence-corrected chi connectivity index (χ1v) is 7.09. The number of allylic oxidation sites excluding steroid dienone is 2. The molecule has 0 rings (SSSR count). The Kier molecular flexibility index (Phi) is 54.5. The lowest BCUT2D eigenvalue weighted by atomic mass is 10.4. The maximum absolute atomic E-state index is 8.17. The Hall–Kier alpha value is -0.880. The molecule has 0 aromatic heterocycles. The van der Waals surface area contributed by atoms with Gasteiger partial charge in [-0.1, -0.05) is 12.2 Å². The smallest absolute Gasteiger partial charge is 0.100 e. The Morgan fingerprint density at radius 3 is 0.625 bits per heavy atom. The fraction of sp³-hybridized carbons (Fsp3) is 0.733. The molecule has 9 nitrogen and oxygen atoms in total. The highest BCUT2D eigenvalue weighted by Gasteiger charge is 1.94. The predicted molar refractivity (Wildman–Crippen MR) is 92.3 cm³/mol. The Labute approximate surface area is 144 Å². The molecule has 0 aromatic rings. The molecule has 0 saturated heterocycles. The van der Waals surface area contributed by atoms with Gasteiger partial charge in [0.25, 0.3) is 0 Å². The van der Waals surface area contributed by atoms with Crippen molar-refractivity contribution in [2.75, 3.05) is 39.6 Å². The van der Waals surface area contributed by atoms with Crippen molar-refractivity contribution < 1.29 is 46.0 Å². The molecule has 0 aliphatic carbocycles. The van der Waals surface area contributed by atoms with Crippen LogP contribution >= 0.6 is 0 Å². The molecule has 0 bridgehead atoms. The van der Waals surface area contributed by atoms with Gasteiger partial charge in [-0.15, -0.1) is 13.2 Å². The van der Waals surface area contributed by atoms with Crippen LogP contribution in [0.5, 0.6) is 0 Å². The van der Waals surface area contributed by atoms with Crippen LogP contribution in [-0.4, -0.2) is 104 Å². The minimum Gasteiger partial charge on any atom is -0.394 e. The average molecular weight is 360 g/mol. The van der Waals surface area contributed by atoms with Gasteiger partial charge in [-0.3, -0.25) is 0 Å². The third-order valence-corrected chi connectivity index (χ3v) is 1.26. The van der Waals surface area contributed by atoms with E-state index in [1.165, 1.54) is 0 Å². The first-order chi connectivity index (χ1) is 11.3. The molecule has 0 saturated carbocycles. The summed E-state index contributed by atoms with van der Waals surface area (Å²) < 4.78 is 0. The maximum atomic E-state index is 8.17. The van der Waals surface area contributed by atoms with Gasteiger partial charge in [0.2, 0.25) is 0 Å². The lowest BCUT2D eigenvalue weighted by Gasteiger charge is -1.96. The topological polar surface area (TPSA) is 182 Å². The lowest BCUT2D eigenvalue weighted by Crippen LogP contribution is -2.15. The quantitative estimate of drug-likeness (QED) is 0.229. The van der Waals surface area contributed by atoms with Crippen LogP contribution in [0.25, 0.3) is 0 Å². The maximum Gasteiger partial charge on any atom is 0.100 e. The molecule has 0 radical (unpaired) electrons. The molecule has 9 N–H and O–H groups in total. The molecular formula is C15H36O9. The Balaban J connectivity index is -0.0000000648. The molecule has 0 heterocycles. The zero-order chi connectivity index (χ0) is 20.4. The monoisotopic (exact) mass is 360 g/mol. The van der Waals surface area contributed by atoms with Crippen molar-refractivity contribution in [1.29, 1.82) is 0 Å². The summed E-state index contributed by atoms with van der Waals surface area (Å²) in [5, 5.41) is 72.0. The molecule has 0 amide bonds. The van der Waals surface area contributed by atoms with E-state index in [9.17, 15) is 0 Å². The van der Waals surface area contributed by atoms with E-state index >= 15 is 0 Å². The molecule has 9 heteroatoms. The summed E-state index contributed by atoms with van der Waals surface area (Å²) in [7, 11) is 0. The molecule has 0 aliphatic heterocycles. The standard InChI is InChI=1S/3C3H8O3.2C3H6/c3*4-1-3(6)2-5;2*1-3-2/h3*3-6H,1-2H2;2*3H,1H2,2H3. The van der Waals surface area contributed by atoms with Crippen molar-refractivity contribution in [3.63, 3.8) is 0 Å². The van der Waals surface area contributed by atoms with Crippen LogP contribution in [0.3, 0.4) is 0 Å². The van der Waals surface area contributed by atoms with Gasteiger partial charge in [-0.2, -0.15) is 0 Å². The van der Waals surface area contributed by atoms with Crippen LogP contribution in [-0.2, 0) is 0 Å². The predicted octanol–water partition coefficient (Wildman–Crippen LogP) is -2.62. The second kappa shape index (κ2) is 38.0. The molecule has 0 fully saturated rings. The SMILES string of the molecule is C=CC.C=CC.OCC(O)CO.OCC(O)CO.OCC(O)CO. The Morgan fingerprint density at radius 2 is 0.625 bits per heavy atom. The van der Waals surface area contributed by atoms with E-state index < -0.39 is 18.3 Å². The molecule has 0 aliphatic rings. The van der Waals surface area contributed by atoms with E-state index in [1.54, 1.807) is 12.2 Å². The van der Waals surface area contributed by atoms with Crippen molar-refractivity contribution in [2.45, 2.75) is 32.2 Å². The van der Waals surface area contributed by atoms with Crippen LogP contribution in [0.2, 0.25) is 0 Å². The van der Waals surface area contributed by atoms with Gasteiger partial charge >= 0.3 is 0 Å². The second-order valence-electron chi connectivity index (χ2n) is 3.87. The van der Waals surface area contributed by atoms with E-state index in [4.69, 9.17) is 46.0 Å². The summed E-state index contributed by atoms with van der Waals surface area (Å²) in [6, 6.07) is 0. The molecule has 24 heavy (non-hydrogen) atoms. The van der Waals surface area contributed by atoms with E-state index in [-0.39, 0.29) is 39.6 Å². The average Bonchev–Trinajstić information content (AvgIpc) is 2.61. The zero-order valence-electron chi connectivity index (χ0n) is 14.6. The van der Waals surface area contributed by atoms with Gasteiger partial charge in [-0.05, 0) is 13.8 Å². The molecule has 0 unspecified atom stereocenters. The highest BCUT2D eigenvalue weighted by Crippen LogP contribution is 1.72.